The maximum Gasteiger partial charge on any atom is 0.233 e. The Morgan fingerprint density at radius 2 is 1.73 bits per heavy atom. The minimum absolute atomic E-state index is 0.0589. The van der Waals surface area contributed by atoms with Gasteiger partial charge in [0.05, 0.1) is 6.04 Å². The first-order valence-corrected chi connectivity index (χ1v) is 5.61. The van der Waals surface area contributed by atoms with Gasteiger partial charge in [-0.2, -0.15) is 0 Å². The smallest absolute Gasteiger partial charge is 0.233 e. The van der Waals surface area contributed by atoms with E-state index < -0.39 is 0 Å². The minimum atomic E-state index is -0.191. The summed E-state index contributed by atoms with van der Waals surface area (Å²) >= 11 is 0. The molecule has 3 atom stereocenters. The summed E-state index contributed by atoms with van der Waals surface area (Å²) in [5, 5.41) is 0. The van der Waals surface area contributed by atoms with Crippen molar-refractivity contribution in [3.8, 4) is 0 Å². The van der Waals surface area contributed by atoms with E-state index in [1.54, 1.807) is 0 Å². The van der Waals surface area contributed by atoms with Crippen molar-refractivity contribution < 1.29 is 9.59 Å². The molecule has 2 amide bonds. The molecule has 0 saturated carbocycles. The molecule has 1 heterocycles. The van der Waals surface area contributed by atoms with Crippen molar-refractivity contribution >= 4 is 11.8 Å². The second kappa shape index (κ2) is 4.75. The summed E-state index contributed by atoms with van der Waals surface area (Å²) < 4.78 is 0. The topological polar surface area (TPSA) is 63.4 Å². The lowest BCUT2D eigenvalue weighted by Gasteiger charge is -2.24. The number of nitrogens with zero attached hydrogens (tertiary/aromatic N) is 1. The fourth-order valence-corrected chi connectivity index (χ4v) is 2.02. The molecule has 0 aromatic rings. The fraction of sp³-hybridized carbons (Fsp3) is 0.818. The van der Waals surface area contributed by atoms with Gasteiger partial charge in [-0.3, -0.25) is 14.5 Å². The zero-order valence-corrected chi connectivity index (χ0v) is 9.69. The number of carbonyl (C=O) groups excluding carboxylic acids is 2. The average molecular weight is 212 g/mol. The van der Waals surface area contributed by atoms with Crippen LogP contribution >= 0.6 is 0 Å². The van der Waals surface area contributed by atoms with Gasteiger partial charge in [0.15, 0.2) is 0 Å². The molecule has 0 spiro atoms. The van der Waals surface area contributed by atoms with Gasteiger partial charge in [0, 0.05) is 18.4 Å². The maximum absolute atomic E-state index is 11.9. The standard InChI is InChI=1S/C11H20N2O2/c1-4-5-9(6-12)13-10(14)7(2)8(3)11(13)15/h7-9H,4-6,12H2,1-3H3. The van der Waals surface area contributed by atoms with Gasteiger partial charge >= 0.3 is 0 Å². The van der Waals surface area contributed by atoms with Crippen LogP contribution in [-0.2, 0) is 9.59 Å². The maximum atomic E-state index is 11.9. The summed E-state index contributed by atoms with van der Waals surface area (Å²) in [4.78, 5) is 25.1. The van der Waals surface area contributed by atoms with Crippen molar-refractivity contribution in [3.63, 3.8) is 0 Å². The Kier molecular flexibility index (Phi) is 3.85. The highest BCUT2D eigenvalue weighted by Gasteiger charge is 2.44. The van der Waals surface area contributed by atoms with Crippen LogP contribution < -0.4 is 5.73 Å². The molecule has 2 N–H and O–H groups in total. The Morgan fingerprint density at radius 3 is 2.07 bits per heavy atom. The van der Waals surface area contributed by atoms with Gasteiger partial charge in [0.25, 0.3) is 0 Å². The number of amides is 2. The summed E-state index contributed by atoms with van der Waals surface area (Å²) in [6.45, 7) is 6.01. The Labute approximate surface area is 90.8 Å². The van der Waals surface area contributed by atoms with E-state index in [1.165, 1.54) is 4.90 Å². The van der Waals surface area contributed by atoms with Crippen LogP contribution in [0, 0.1) is 11.8 Å². The van der Waals surface area contributed by atoms with Crippen LogP contribution in [0.25, 0.3) is 0 Å². The molecule has 4 nitrogen and oxygen atoms in total. The SMILES string of the molecule is CCCC(CN)N1C(=O)C(C)C(C)C1=O. The number of nitrogens with two attached hydrogens (primary N) is 1. The summed E-state index contributed by atoms with van der Waals surface area (Å²) in [7, 11) is 0. The predicted molar refractivity (Wildman–Crippen MR) is 57.9 cm³/mol. The van der Waals surface area contributed by atoms with Crippen molar-refractivity contribution in [2.75, 3.05) is 6.54 Å². The second-order valence-corrected chi connectivity index (χ2v) is 4.30. The summed E-state index contributed by atoms with van der Waals surface area (Å²) in [5.41, 5.74) is 5.61. The Balaban J connectivity index is 2.84. The Bertz CT molecular complexity index is 245. The number of hydrogen-bond acceptors (Lipinski definition) is 3. The third-order valence-electron chi connectivity index (χ3n) is 3.26. The van der Waals surface area contributed by atoms with Crippen molar-refractivity contribution in [2.24, 2.45) is 17.6 Å². The third-order valence-corrected chi connectivity index (χ3v) is 3.26. The molecule has 1 saturated heterocycles. The van der Waals surface area contributed by atoms with Crippen molar-refractivity contribution in [1.29, 1.82) is 0 Å². The molecule has 3 unspecified atom stereocenters. The minimum Gasteiger partial charge on any atom is -0.328 e. The molecule has 86 valence electrons. The van der Waals surface area contributed by atoms with E-state index in [0.717, 1.165) is 12.8 Å². The van der Waals surface area contributed by atoms with Crippen molar-refractivity contribution in [1.82, 2.24) is 4.90 Å². The normalized spacial score (nSPS) is 28.7. The van der Waals surface area contributed by atoms with Crippen LogP contribution in [0.3, 0.4) is 0 Å². The highest BCUT2D eigenvalue weighted by Crippen LogP contribution is 2.28. The number of imide groups is 1. The highest BCUT2D eigenvalue weighted by molar-refractivity contribution is 6.05. The Hall–Kier alpha value is -0.900. The van der Waals surface area contributed by atoms with E-state index in [-0.39, 0.29) is 29.7 Å². The quantitative estimate of drug-likeness (QED) is 0.700. The third kappa shape index (κ3) is 2.04. The van der Waals surface area contributed by atoms with Crippen LogP contribution in [0.2, 0.25) is 0 Å². The molecule has 0 bridgehead atoms. The van der Waals surface area contributed by atoms with E-state index in [1.807, 2.05) is 20.8 Å². The lowest BCUT2D eigenvalue weighted by molar-refractivity contribution is -0.142. The molecule has 0 aromatic heterocycles. The first-order valence-electron chi connectivity index (χ1n) is 5.61. The van der Waals surface area contributed by atoms with Crippen molar-refractivity contribution in [3.05, 3.63) is 0 Å². The lowest BCUT2D eigenvalue weighted by Crippen LogP contribution is -2.44. The number of carbonyl (C=O) groups is 2. The Morgan fingerprint density at radius 1 is 1.27 bits per heavy atom. The molecule has 1 rings (SSSR count). The van der Waals surface area contributed by atoms with Gasteiger partial charge in [0.1, 0.15) is 0 Å². The molecule has 1 aliphatic heterocycles. The second-order valence-electron chi connectivity index (χ2n) is 4.30. The molecule has 4 heteroatoms. The van der Waals surface area contributed by atoms with Crippen LogP contribution in [0.1, 0.15) is 33.6 Å². The van der Waals surface area contributed by atoms with Crippen molar-refractivity contribution in [2.45, 2.75) is 39.7 Å². The summed E-state index contributed by atoms with van der Waals surface area (Å²) in [6.07, 6.45) is 1.73. The van der Waals surface area contributed by atoms with Gasteiger partial charge < -0.3 is 5.73 Å². The van der Waals surface area contributed by atoms with Gasteiger partial charge in [0.2, 0.25) is 11.8 Å². The largest absolute Gasteiger partial charge is 0.328 e. The number of likely N-dealkylation sites (tertiary alicyclic amines) is 1. The van der Waals surface area contributed by atoms with E-state index in [9.17, 15) is 9.59 Å². The molecule has 15 heavy (non-hydrogen) atoms. The van der Waals surface area contributed by atoms with E-state index >= 15 is 0 Å². The first kappa shape index (κ1) is 12.2. The summed E-state index contributed by atoms with van der Waals surface area (Å²) in [5.74, 6) is -0.500. The van der Waals surface area contributed by atoms with Crippen LogP contribution in [-0.4, -0.2) is 29.3 Å². The fourth-order valence-electron chi connectivity index (χ4n) is 2.02. The average Bonchev–Trinajstić information content (AvgIpc) is 2.41. The van der Waals surface area contributed by atoms with Crippen LogP contribution in [0.5, 0.6) is 0 Å². The molecular formula is C11H20N2O2. The molecular weight excluding hydrogens is 192 g/mol. The summed E-state index contributed by atoms with van der Waals surface area (Å²) in [6, 6.07) is -0.109. The van der Waals surface area contributed by atoms with Crippen LogP contribution in [0.15, 0.2) is 0 Å². The van der Waals surface area contributed by atoms with Gasteiger partial charge in [-0.15, -0.1) is 0 Å². The number of hydrogen-bond donors (Lipinski definition) is 1. The molecule has 0 aliphatic carbocycles. The molecule has 0 aromatic carbocycles. The van der Waals surface area contributed by atoms with Gasteiger partial charge in [-0.25, -0.2) is 0 Å². The highest BCUT2D eigenvalue weighted by atomic mass is 16.2. The first-order chi connectivity index (χ1) is 7.04. The molecule has 0 radical (unpaired) electrons. The zero-order valence-electron chi connectivity index (χ0n) is 9.69. The molecule has 1 aliphatic rings. The van der Waals surface area contributed by atoms with E-state index in [0.29, 0.717) is 6.54 Å². The molecule has 1 fully saturated rings. The van der Waals surface area contributed by atoms with E-state index in [2.05, 4.69) is 0 Å². The van der Waals surface area contributed by atoms with Gasteiger partial charge in [-0.05, 0) is 6.42 Å². The zero-order chi connectivity index (χ0) is 11.6. The van der Waals surface area contributed by atoms with Gasteiger partial charge in [-0.1, -0.05) is 27.2 Å². The predicted octanol–water partition coefficient (Wildman–Crippen LogP) is 0.755. The van der Waals surface area contributed by atoms with Crippen LogP contribution in [0.4, 0.5) is 0 Å². The lowest BCUT2D eigenvalue weighted by atomic mass is 10.00. The number of rotatable bonds is 4. The van der Waals surface area contributed by atoms with E-state index in [4.69, 9.17) is 5.73 Å². The monoisotopic (exact) mass is 212 g/mol.